The first-order chi connectivity index (χ1) is 9.28. The summed E-state index contributed by atoms with van der Waals surface area (Å²) in [4.78, 5) is 16.2. The molecule has 20 heavy (non-hydrogen) atoms. The molecule has 0 spiro atoms. The van der Waals surface area contributed by atoms with Crippen LogP contribution < -0.4 is 5.32 Å². The number of amides is 1. The monoisotopic (exact) mass is 285 g/mol. The predicted octanol–water partition coefficient (Wildman–Crippen LogP) is 0.680. The second kappa shape index (κ2) is 7.96. The Bertz CT molecular complexity index is 292. The second-order valence-electron chi connectivity index (χ2n) is 6.68. The molecule has 0 radical (unpaired) electrons. The zero-order valence-corrected chi connectivity index (χ0v) is 13.5. The molecule has 0 aromatic rings. The second-order valence-corrected chi connectivity index (χ2v) is 6.68. The quantitative estimate of drug-likeness (QED) is 0.676. The maximum Gasteiger partial charge on any atom is 0.222 e. The van der Waals surface area contributed by atoms with E-state index in [1.807, 2.05) is 18.7 Å². The van der Waals surface area contributed by atoms with Crippen molar-refractivity contribution in [1.29, 1.82) is 0 Å². The maximum absolute atomic E-state index is 12.1. The average molecular weight is 285 g/mol. The van der Waals surface area contributed by atoms with Gasteiger partial charge in [-0.15, -0.1) is 0 Å². The highest BCUT2D eigenvalue weighted by Crippen LogP contribution is 2.09. The van der Waals surface area contributed by atoms with Gasteiger partial charge in [-0.3, -0.25) is 9.69 Å². The van der Waals surface area contributed by atoms with Crippen molar-refractivity contribution in [1.82, 2.24) is 15.1 Å². The number of piperazine rings is 1. The van der Waals surface area contributed by atoms with Gasteiger partial charge in [0.15, 0.2) is 0 Å². The Balaban J connectivity index is 2.19. The van der Waals surface area contributed by atoms with E-state index in [0.29, 0.717) is 19.0 Å². The topological polar surface area (TPSA) is 55.8 Å². The third kappa shape index (κ3) is 7.22. The number of β-amino-alcohol motifs (C(OH)–C–C–N with tert-alkyl or cyclic N) is 1. The van der Waals surface area contributed by atoms with Crippen molar-refractivity contribution in [2.45, 2.75) is 52.2 Å². The van der Waals surface area contributed by atoms with Gasteiger partial charge in [-0.1, -0.05) is 13.8 Å². The molecule has 0 aromatic carbocycles. The van der Waals surface area contributed by atoms with E-state index in [1.165, 1.54) is 0 Å². The summed E-state index contributed by atoms with van der Waals surface area (Å²) in [7, 11) is 0. The highest BCUT2D eigenvalue weighted by atomic mass is 16.3. The van der Waals surface area contributed by atoms with Gasteiger partial charge in [0.05, 0.1) is 5.60 Å². The Morgan fingerprint density at radius 1 is 1.25 bits per heavy atom. The summed E-state index contributed by atoms with van der Waals surface area (Å²) < 4.78 is 0. The predicted molar refractivity (Wildman–Crippen MR) is 81.7 cm³/mol. The van der Waals surface area contributed by atoms with Crippen LogP contribution in [0, 0.1) is 0 Å². The molecule has 1 aliphatic heterocycles. The summed E-state index contributed by atoms with van der Waals surface area (Å²) in [5.41, 5.74) is -0.658. The number of nitrogens with zero attached hydrogens (tertiary/aromatic N) is 2. The van der Waals surface area contributed by atoms with Crippen molar-refractivity contribution < 1.29 is 9.90 Å². The van der Waals surface area contributed by atoms with E-state index in [1.54, 1.807) is 0 Å². The fourth-order valence-corrected chi connectivity index (χ4v) is 2.49. The number of nitrogens with one attached hydrogen (secondary N) is 1. The van der Waals surface area contributed by atoms with E-state index in [0.717, 1.165) is 39.1 Å². The van der Waals surface area contributed by atoms with Crippen LogP contribution in [0.2, 0.25) is 0 Å². The van der Waals surface area contributed by atoms with Crippen LogP contribution in [0.5, 0.6) is 0 Å². The van der Waals surface area contributed by atoms with Gasteiger partial charge < -0.3 is 15.3 Å². The van der Waals surface area contributed by atoms with Crippen LogP contribution in [0.4, 0.5) is 0 Å². The molecule has 1 heterocycles. The van der Waals surface area contributed by atoms with E-state index in [4.69, 9.17) is 0 Å². The molecule has 1 amide bonds. The molecule has 1 rings (SSSR count). The molecule has 118 valence electrons. The molecular formula is C15H31N3O2. The van der Waals surface area contributed by atoms with E-state index in [2.05, 4.69) is 24.1 Å². The van der Waals surface area contributed by atoms with E-state index < -0.39 is 5.60 Å². The standard InChI is InChI=1S/C15H31N3O2/c1-13(2)16-7-5-6-14(19)18-10-8-17(9-11-18)12-15(3,4)20/h13,16,20H,5-12H2,1-4H3. The first kappa shape index (κ1) is 17.4. The summed E-state index contributed by atoms with van der Waals surface area (Å²) in [6, 6.07) is 0.482. The molecule has 2 N–H and O–H groups in total. The molecule has 1 saturated heterocycles. The smallest absolute Gasteiger partial charge is 0.222 e. The van der Waals surface area contributed by atoms with Crippen LogP contribution in [-0.2, 0) is 4.79 Å². The third-order valence-electron chi connectivity index (χ3n) is 3.46. The average Bonchev–Trinajstić information content (AvgIpc) is 2.33. The van der Waals surface area contributed by atoms with E-state index >= 15 is 0 Å². The molecule has 5 heteroatoms. The number of hydrogen-bond donors (Lipinski definition) is 2. The number of rotatable bonds is 7. The van der Waals surface area contributed by atoms with Gasteiger partial charge in [0.1, 0.15) is 0 Å². The van der Waals surface area contributed by atoms with Crippen molar-refractivity contribution in [3.05, 3.63) is 0 Å². The Labute approximate surface area is 123 Å². The van der Waals surface area contributed by atoms with Crippen molar-refractivity contribution in [2.75, 3.05) is 39.3 Å². The highest BCUT2D eigenvalue weighted by molar-refractivity contribution is 5.76. The van der Waals surface area contributed by atoms with E-state index in [9.17, 15) is 9.90 Å². The van der Waals surface area contributed by atoms with Gasteiger partial charge in [0, 0.05) is 45.2 Å². The largest absolute Gasteiger partial charge is 0.389 e. The number of aliphatic hydroxyl groups is 1. The van der Waals surface area contributed by atoms with Crippen LogP contribution in [-0.4, -0.2) is 71.7 Å². The fourth-order valence-electron chi connectivity index (χ4n) is 2.49. The Morgan fingerprint density at radius 2 is 1.85 bits per heavy atom. The lowest BCUT2D eigenvalue weighted by molar-refractivity contribution is -0.133. The summed E-state index contributed by atoms with van der Waals surface area (Å²) >= 11 is 0. The van der Waals surface area contributed by atoms with E-state index in [-0.39, 0.29) is 5.91 Å². The number of hydrogen-bond acceptors (Lipinski definition) is 4. The minimum absolute atomic E-state index is 0.262. The lowest BCUT2D eigenvalue weighted by atomic mass is 10.1. The summed E-state index contributed by atoms with van der Waals surface area (Å²) in [6.45, 7) is 12.8. The zero-order chi connectivity index (χ0) is 15.2. The summed E-state index contributed by atoms with van der Waals surface area (Å²) in [5, 5.41) is 13.1. The number of carbonyl (C=O) groups excluding carboxylic acids is 1. The van der Waals surface area contributed by atoms with Gasteiger partial charge in [-0.2, -0.15) is 0 Å². The van der Waals surface area contributed by atoms with Crippen molar-refractivity contribution in [3.8, 4) is 0 Å². The van der Waals surface area contributed by atoms with Crippen molar-refractivity contribution in [3.63, 3.8) is 0 Å². The lowest BCUT2D eigenvalue weighted by Crippen LogP contribution is -2.52. The molecule has 0 unspecified atom stereocenters. The summed E-state index contributed by atoms with van der Waals surface area (Å²) in [6.07, 6.45) is 1.53. The van der Waals surface area contributed by atoms with Crippen LogP contribution in [0.1, 0.15) is 40.5 Å². The van der Waals surface area contributed by atoms with Crippen molar-refractivity contribution in [2.24, 2.45) is 0 Å². The molecule has 1 aliphatic rings. The molecule has 0 bridgehead atoms. The zero-order valence-electron chi connectivity index (χ0n) is 13.5. The van der Waals surface area contributed by atoms with Crippen LogP contribution >= 0.6 is 0 Å². The van der Waals surface area contributed by atoms with Crippen LogP contribution in [0.15, 0.2) is 0 Å². The van der Waals surface area contributed by atoms with Crippen LogP contribution in [0.3, 0.4) is 0 Å². The third-order valence-corrected chi connectivity index (χ3v) is 3.46. The van der Waals surface area contributed by atoms with Gasteiger partial charge in [-0.25, -0.2) is 0 Å². The SMILES string of the molecule is CC(C)NCCCC(=O)N1CCN(CC(C)(C)O)CC1. The Hall–Kier alpha value is -0.650. The molecule has 0 aliphatic carbocycles. The first-order valence-corrected chi connectivity index (χ1v) is 7.74. The van der Waals surface area contributed by atoms with Gasteiger partial charge >= 0.3 is 0 Å². The minimum atomic E-state index is -0.658. The first-order valence-electron chi connectivity index (χ1n) is 7.74. The highest BCUT2D eigenvalue weighted by Gasteiger charge is 2.24. The Kier molecular flexibility index (Phi) is 6.92. The molecule has 1 fully saturated rings. The van der Waals surface area contributed by atoms with Gasteiger partial charge in [0.25, 0.3) is 0 Å². The number of carbonyl (C=O) groups is 1. The maximum atomic E-state index is 12.1. The minimum Gasteiger partial charge on any atom is -0.389 e. The molecule has 0 atom stereocenters. The fraction of sp³-hybridized carbons (Fsp3) is 0.933. The molecule has 0 saturated carbocycles. The Morgan fingerprint density at radius 3 is 2.35 bits per heavy atom. The van der Waals surface area contributed by atoms with Gasteiger partial charge in [-0.05, 0) is 26.8 Å². The normalized spacial score (nSPS) is 17.8. The van der Waals surface area contributed by atoms with Crippen LogP contribution in [0.25, 0.3) is 0 Å². The molecule has 0 aromatic heterocycles. The van der Waals surface area contributed by atoms with Gasteiger partial charge in [0.2, 0.25) is 5.91 Å². The molecule has 5 nitrogen and oxygen atoms in total. The lowest BCUT2D eigenvalue weighted by Gasteiger charge is -2.37. The summed E-state index contributed by atoms with van der Waals surface area (Å²) in [5.74, 6) is 0.262. The molecular weight excluding hydrogens is 254 g/mol. The van der Waals surface area contributed by atoms with Crippen molar-refractivity contribution >= 4 is 5.91 Å².